The summed E-state index contributed by atoms with van der Waals surface area (Å²) in [6, 6.07) is 15.2. The predicted molar refractivity (Wildman–Crippen MR) is 190 cm³/mol. The molecule has 0 saturated heterocycles. The van der Waals surface area contributed by atoms with Gasteiger partial charge in [0.2, 0.25) is 17.5 Å². The van der Waals surface area contributed by atoms with Crippen LogP contribution in [0.15, 0.2) is 70.1 Å². The fraction of sp³-hybridized carbons (Fsp3) is 0.395. The van der Waals surface area contributed by atoms with Crippen molar-refractivity contribution in [2.24, 2.45) is 11.3 Å². The highest BCUT2D eigenvalue weighted by Crippen LogP contribution is 2.49. The Labute approximate surface area is 292 Å². The molecule has 5 aromatic rings. The number of carbonyl (C=O) groups is 1. The Bertz CT molecular complexity index is 2170. The van der Waals surface area contributed by atoms with Crippen LogP contribution in [0, 0.1) is 25.2 Å². The molecule has 2 aliphatic rings. The van der Waals surface area contributed by atoms with E-state index in [2.05, 4.69) is 40.4 Å². The summed E-state index contributed by atoms with van der Waals surface area (Å²) in [5, 5.41) is 0. The van der Waals surface area contributed by atoms with Crippen LogP contribution in [-0.4, -0.2) is 51.8 Å². The summed E-state index contributed by atoms with van der Waals surface area (Å²) in [4.78, 5) is 34.7. The third-order valence-electron chi connectivity index (χ3n) is 9.65. The molecule has 11 nitrogen and oxygen atoms in total. The molecule has 1 aliphatic heterocycles. The zero-order chi connectivity index (χ0) is 35.2. The molecule has 1 fully saturated rings. The SMILES string of the molecule is Cc1cccc(C)c1-c1cc2nc(n1)NS(=O)(=O)c1cccc(c1)C(=O)N(Cc1cnc3oc(CCC(C)C)cc3n1)[C@H](CC1(C)CC1)CO2. The maximum Gasteiger partial charge on any atom is 0.264 e. The molecule has 0 spiro atoms. The Balaban J connectivity index is 1.31. The van der Waals surface area contributed by atoms with Gasteiger partial charge in [0, 0.05) is 29.7 Å². The Kier molecular flexibility index (Phi) is 8.83. The van der Waals surface area contributed by atoms with Gasteiger partial charge in [-0.05, 0) is 80.2 Å². The number of nitrogens with one attached hydrogen (secondary N) is 1. The van der Waals surface area contributed by atoms with E-state index in [1.54, 1.807) is 29.3 Å². The maximum atomic E-state index is 14.5. The summed E-state index contributed by atoms with van der Waals surface area (Å²) >= 11 is 0. The van der Waals surface area contributed by atoms with Crippen LogP contribution in [0.4, 0.5) is 5.95 Å². The van der Waals surface area contributed by atoms with Crippen LogP contribution < -0.4 is 9.46 Å². The molecule has 2 aromatic carbocycles. The van der Waals surface area contributed by atoms with Crippen molar-refractivity contribution in [3.63, 3.8) is 0 Å². The van der Waals surface area contributed by atoms with E-state index in [-0.39, 0.29) is 46.8 Å². The molecule has 4 heterocycles. The maximum absolute atomic E-state index is 14.5. The van der Waals surface area contributed by atoms with E-state index in [0.717, 1.165) is 48.1 Å². The molecule has 1 atom stereocenters. The summed E-state index contributed by atoms with van der Waals surface area (Å²) in [6.07, 6.45) is 6.17. The normalized spacial score (nSPS) is 18.2. The quantitative estimate of drug-likeness (QED) is 0.177. The van der Waals surface area contributed by atoms with Gasteiger partial charge in [-0.3, -0.25) is 4.79 Å². The first-order chi connectivity index (χ1) is 23.9. The number of aryl methyl sites for hydroxylation is 3. The third-order valence-corrected chi connectivity index (χ3v) is 11.0. The first kappa shape index (κ1) is 33.6. The molecule has 260 valence electrons. The number of nitrogens with zero attached hydrogens (tertiary/aromatic N) is 5. The van der Waals surface area contributed by atoms with Crippen molar-refractivity contribution in [3.8, 4) is 17.1 Å². The molecule has 1 N–H and O–H groups in total. The summed E-state index contributed by atoms with van der Waals surface area (Å²) in [6.45, 7) is 10.8. The summed E-state index contributed by atoms with van der Waals surface area (Å²) < 4.78 is 42.4. The van der Waals surface area contributed by atoms with E-state index in [9.17, 15) is 13.2 Å². The highest BCUT2D eigenvalue weighted by atomic mass is 32.2. The van der Waals surface area contributed by atoms with Gasteiger partial charge in [-0.15, -0.1) is 0 Å². The van der Waals surface area contributed by atoms with Crippen LogP contribution in [0.25, 0.3) is 22.5 Å². The van der Waals surface area contributed by atoms with E-state index < -0.39 is 16.1 Å². The van der Waals surface area contributed by atoms with Gasteiger partial charge >= 0.3 is 0 Å². The van der Waals surface area contributed by atoms with Crippen molar-refractivity contribution >= 4 is 33.1 Å². The number of ether oxygens (including phenoxy) is 1. The van der Waals surface area contributed by atoms with E-state index in [1.807, 2.05) is 38.1 Å². The fourth-order valence-electron chi connectivity index (χ4n) is 6.54. The standard InChI is InChI=1S/C38H42N6O5S/c1-23(2)12-13-29-17-32-35(49-29)39-20-27(40-32)21-44-28(19-38(5)14-15-38)22-48-33-18-31(34-24(3)8-6-9-25(34)4)41-37(42-33)43-50(46,47)30-11-7-10-26(16-30)36(44)45/h6-11,16-18,20,23,28H,12-15,19,21-22H2,1-5H3,(H,41,42,43)/t28-/m1/s1. The lowest BCUT2D eigenvalue weighted by molar-refractivity contribution is 0.0537. The van der Waals surface area contributed by atoms with Gasteiger partial charge in [-0.25, -0.2) is 28.1 Å². The largest absolute Gasteiger partial charge is 0.475 e. The lowest BCUT2D eigenvalue weighted by Gasteiger charge is -2.33. The molecule has 4 bridgehead atoms. The molecular weight excluding hydrogens is 653 g/mol. The second-order valence-corrected chi connectivity index (χ2v) is 16.1. The van der Waals surface area contributed by atoms with Crippen LogP contribution in [-0.2, 0) is 23.0 Å². The topological polar surface area (TPSA) is 140 Å². The molecule has 12 heteroatoms. The minimum Gasteiger partial charge on any atom is -0.475 e. The summed E-state index contributed by atoms with van der Waals surface area (Å²) in [7, 11) is -4.18. The number of rotatable bonds is 8. The highest BCUT2D eigenvalue weighted by molar-refractivity contribution is 7.92. The number of amides is 1. The van der Waals surface area contributed by atoms with Gasteiger partial charge in [0.25, 0.3) is 15.9 Å². The Hall–Kier alpha value is -4.84. The minimum absolute atomic E-state index is 0.0407. The van der Waals surface area contributed by atoms with Gasteiger partial charge < -0.3 is 14.1 Å². The van der Waals surface area contributed by atoms with Gasteiger partial charge in [0.05, 0.1) is 35.1 Å². The molecule has 7 rings (SSSR count). The monoisotopic (exact) mass is 694 g/mol. The number of fused-ring (bicyclic) bond motifs is 5. The highest BCUT2D eigenvalue weighted by Gasteiger charge is 2.42. The van der Waals surface area contributed by atoms with Crippen molar-refractivity contribution < 1.29 is 22.4 Å². The number of hydrogen-bond acceptors (Lipinski definition) is 9. The molecule has 1 aliphatic carbocycles. The van der Waals surface area contributed by atoms with Crippen LogP contribution >= 0.6 is 0 Å². The number of sulfonamides is 1. The minimum atomic E-state index is -4.18. The number of aromatic nitrogens is 4. The number of anilines is 1. The first-order valence-corrected chi connectivity index (χ1v) is 18.6. The molecule has 3 aromatic heterocycles. The lowest BCUT2D eigenvalue weighted by atomic mass is 9.97. The zero-order valence-corrected chi connectivity index (χ0v) is 29.9. The van der Waals surface area contributed by atoms with E-state index in [1.165, 1.54) is 12.1 Å². The van der Waals surface area contributed by atoms with Crippen molar-refractivity contribution in [2.45, 2.75) is 84.2 Å². The third kappa shape index (κ3) is 7.21. The number of hydrogen-bond donors (Lipinski definition) is 1. The second-order valence-electron chi connectivity index (χ2n) is 14.4. The van der Waals surface area contributed by atoms with Crippen molar-refractivity contribution in [1.82, 2.24) is 24.8 Å². The van der Waals surface area contributed by atoms with Gasteiger partial charge in [-0.1, -0.05) is 45.0 Å². The average Bonchev–Trinajstić information content (AvgIpc) is 3.65. The molecule has 1 saturated carbocycles. The second kappa shape index (κ2) is 13.1. The summed E-state index contributed by atoms with van der Waals surface area (Å²) in [5.41, 5.74) is 5.31. The van der Waals surface area contributed by atoms with Gasteiger partial charge in [-0.2, -0.15) is 4.98 Å². The zero-order valence-electron chi connectivity index (χ0n) is 29.1. The smallest absolute Gasteiger partial charge is 0.264 e. The van der Waals surface area contributed by atoms with Crippen LogP contribution in [0.5, 0.6) is 5.88 Å². The fourth-order valence-corrected chi connectivity index (χ4v) is 7.53. The van der Waals surface area contributed by atoms with Crippen molar-refractivity contribution in [1.29, 1.82) is 0 Å². The van der Waals surface area contributed by atoms with E-state index >= 15 is 0 Å². The van der Waals surface area contributed by atoms with E-state index in [4.69, 9.17) is 14.1 Å². The van der Waals surface area contributed by atoms with Crippen LogP contribution in [0.3, 0.4) is 0 Å². The number of benzene rings is 2. The van der Waals surface area contributed by atoms with Crippen molar-refractivity contribution in [2.75, 3.05) is 11.3 Å². The Morgan fingerprint density at radius 2 is 1.78 bits per heavy atom. The molecule has 1 amide bonds. The molecule has 50 heavy (non-hydrogen) atoms. The predicted octanol–water partition coefficient (Wildman–Crippen LogP) is 7.28. The molecule has 0 radical (unpaired) electrons. The Morgan fingerprint density at radius 1 is 1.02 bits per heavy atom. The average molecular weight is 695 g/mol. The van der Waals surface area contributed by atoms with Crippen molar-refractivity contribution in [3.05, 3.63) is 88.9 Å². The van der Waals surface area contributed by atoms with Crippen LogP contribution in [0.1, 0.15) is 79.4 Å². The van der Waals surface area contributed by atoms with Gasteiger partial charge in [0.1, 0.15) is 17.9 Å². The van der Waals surface area contributed by atoms with Gasteiger partial charge in [0.15, 0.2) is 0 Å². The lowest BCUT2D eigenvalue weighted by Crippen LogP contribution is -2.44. The number of carbonyl (C=O) groups excluding carboxylic acids is 1. The molecular formula is C38H42N6O5S. The summed E-state index contributed by atoms with van der Waals surface area (Å²) in [5.74, 6) is 1.12. The first-order valence-electron chi connectivity index (χ1n) is 17.1. The molecule has 0 unspecified atom stereocenters. The number of furan rings is 1. The van der Waals surface area contributed by atoms with Crippen LogP contribution in [0.2, 0.25) is 0 Å². The Morgan fingerprint density at radius 3 is 2.52 bits per heavy atom. The van der Waals surface area contributed by atoms with E-state index in [0.29, 0.717) is 35.0 Å².